The van der Waals surface area contributed by atoms with Gasteiger partial charge in [-0.25, -0.2) is 13.2 Å². The topological polar surface area (TPSA) is 103 Å². The smallest absolute Gasteiger partial charge is 0.317 e. The molecule has 4 rings (SSSR count). The lowest BCUT2D eigenvalue weighted by molar-refractivity contribution is 0.114. The molecule has 3 N–H and O–H groups in total. The Morgan fingerprint density at radius 2 is 1.72 bits per heavy atom. The van der Waals surface area contributed by atoms with Crippen molar-refractivity contribution in [2.45, 2.75) is 64.1 Å². The summed E-state index contributed by atoms with van der Waals surface area (Å²) < 4.78 is 31.1. The van der Waals surface area contributed by atoms with E-state index in [1.807, 2.05) is 12.1 Å². The Hall–Kier alpha value is -2.82. The monoisotopic (exact) mass is 557 g/mol. The summed E-state index contributed by atoms with van der Waals surface area (Å²) >= 11 is 0. The fourth-order valence-electron chi connectivity index (χ4n) is 5.26. The van der Waals surface area contributed by atoms with Crippen LogP contribution < -0.4 is 20.1 Å². The highest BCUT2D eigenvalue weighted by molar-refractivity contribution is 7.92. The van der Waals surface area contributed by atoms with Crippen molar-refractivity contribution in [1.29, 1.82) is 0 Å². The van der Waals surface area contributed by atoms with E-state index in [1.54, 1.807) is 24.3 Å². The minimum atomic E-state index is -3.30. The Bertz CT molecular complexity index is 1140. The summed E-state index contributed by atoms with van der Waals surface area (Å²) in [4.78, 5) is 17.7. The lowest BCUT2D eigenvalue weighted by atomic mass is 10.0. The third kappa shape index (κ3) is 9.40. The molecule has 2 amide bonds. The number of amides is 2. The van der Waals surface area contributed by atoms with Crippen LogP contribution in [0.1, 0.15) is 51.0 Å². The van der Waals surface area contributed by atoms with Gasteiger partial charge in [0.15, 0.2) is 0 Å². The van der Waals surface area contributed by atoms with Crippen molar-refractivity contribution < 1.29 is 17.9 Å². The first-order chi connectivity index (χ1) is 18.8. The van der Waals surface area contributed by atoms with Gasteiger partial charge in [-0.3, -0.25) is 9.62 Å². The SMILES string of the molecule is CCCCN(C(=O)N[C@@H]1CCCNC1)C1CCN(Cc2ccc(Oc3ccc(NS(C)(=O)=O)cc3)cc2)CC1. The van der Waals surface area contributed by atoms with Crippen molar-refractivity contribution in [3.63, 3.8) is 0 Å². The predicted molar refractivity (Wildman–Crippen MR) is 156 cm³/mol. The lowest BCUT2D eigenvalue weighted by Crippen LogP contribution is -2.55. The Labute approximate surface area is 233 Å². The zero-order valence-corrected chi connectivity index (χ0v) is 24.0. The van der Waals surface area contributed by atoms with Gasteiger partial charge in [-0.15, -0.1) is 0 Å². The van der Waals surface area contributed by atoms with Gasteiger partial charge in [0, 0.05) is 50.5 Å². The van der Waals surface area contributed by atoms with E-state index in [9.17, 15) is 13.2 Å². The molecule has 0 spiro atoms. The van der Waals surface area contributed by atoms with Gasteiger partial charge in [0.1, 0.15) is 11.5 Å². The second kappa shape index (κ2) is 14.0. The molecule has 2 aromatic rings. The third-order valence-electron chi connectivity index (χ3n) is 7.36. The van der Waals surface area contributed by atoms with Crippen LogP contribution >= 0.6 is 0 Å². The van der Waals surface area contributed by atoms with Gasteiger partial charge in [-0.2, -0.15) is 0 Å². The number of hydrogen-bond donors (Lipinski definition) is 3. The number of carbonyl (C=O) groups excluding carboxylic acids is 1. The van der Waals surface area contributed by atoms with Gasteiger partial charge in [-0.1, -0.05) is 25.5 Å². The number of unbranched alkanes of at least 4 members (excludes halogenated alkanes) is 1. The second-order valence-corrected chi connectivity index (χ2v) is 12.4. The molecule has 0 bridgehead atoms. The molecule has 0 aromatic heterocycles. The molecule has 2 aromatic carbocycles. The van der Waals surface area contributed by atoms with Crippen LogP contribution in [0.4, 0.5) is 10.5 Å². The number of hydrogen-bond acceptors (Lipinski definition) is 6. The van der Waals surface area contributed by atoms with Crippen LogP contribution in [-0.4, -0.2) is 75.3 Å². The molecule has 0 radical (unpaired) electrons. The molecule has 214 valence electrons. The zero-order chi connectivity index (χ0) is 27.7. The van der Waals surface area contributed by atoms with Crippen LogP contribution in [0.5, 0.6) is 11.5 Å². The molecule has 0 unspecified atom stereocenters. The highest BCUT2D eigenvalue weighted by Crippen LogP contribution is 2.25. The van der Waals surface area contributed by atoms with Gasteiger partial charge >= 0.3 is 6.03 Å². The molecule has 39 heavy (non-hydrogen) atoms. The summed E-state index contributed by atoms with van der Waals surface area (Å²) in [5.74, 6) is 1.37. The number of urea groups is 1. The van der Waals surface area contributed by atoms with Crippen molar-refractivity contribution >= 4 is 21.7 Å². The summed E-state index contributed by atoms with van der Waals surface area (Å²) in [5.41, 5.74) is 1.72. The molecular formula is C29H43N5O4S. The molecule has 2 aliphatic rings. The maximum atomic E-state index is 13.2. The Morgan fingerprint density at radius 3 is 2.31 bits per heavy atom. The van der Waals surface area contributed by atoms with Crippen molar-refractivity contribution in [3.05, 3.63) is 54.1 Å². The van der Waals surface area contributed by atoms with Crippen molar-refractivity contribution in [2.75, 3.05) is 43.7 Å². The molecule has 1 atom stereocenters. The van der Waals surface area contributed by atoms with E-state index in [1.165, 1.54) is 5.56 Å². The van der Waals surface area contributed by atoms with E-state index >= 15 is 0 Å². The fourth-order valence-corrected chi connectivity index (χ4v) is 5.83. The van der Waals surface area contributed by atoms with E-state index in [4.69, 9.17) is 4.74 Å². The Balaban J connectivity index is 1.25. The molecule has 2 heterocycles. The quantitative estimate of drug-likeness (QED) is 0.379. The van der Waals surface area contributed by atoms with Crippen LogP contribution in [0.25, 0.3) is 0 Å². The lowest BCUT2D eigenvalue weighted by Gasteiger charge is -2.39. The molecular weight excluding hydrogens is 514 g/mol. The van der Waals surface area contributed by atoms with Gasteiger partial charge in [0.05, 0.1) is 6.26 Å². The van der Waals surface area contributed by atoms with Crippen LogP contribution in [0, 0.1) is 0 Å². The fraction of sp³-hybridized carbons (Fsp3) is 0.552. The molecule has 0 aliphatic carbocycles. The van der Waals surface area contributed by atoms with Crippen LogP contribution in [0.2, 0.25) is 0 Å². The zero-order valence-electron chi connectivity index (χ0n) is 23.2. The molecule has 2 fully saturated rings. The largest absolute Gasteiger partial charge is 0.457 e. The Morgan fingerprint density at radius 1 is 1.05 bits per heavy atom. The van der Waals surface area contributed by atoms with Crippen LogP contribution in [0.15, 0.2) is 48.5 Å². The average molecular weight is 558 g/mol. The van der Waals surface area contributed by atoms with E-state index in [-0.39, 0.29) is 12.1 Å². The number of nitrogens with one attached hydrogen (secondary N) is 3. The number of ether oxygens (including phenoxy) is 1. The van der Waals surface area contributed by atoms with Crippen molar-refractivity contribution in [2.24, 2.45) is 0 Å². The maximum absolute atomic E-state index is 13.2. The standard InChI is InChI=1S/C29H43N5O4S/c1-3-4-18-34(29(35)31-25-6-5-17-30-21-25)26-15-19-33(20-16-26)22-23-7-11-27(12-8-23)38-28-13-9-24(10-14-28)32-39(2,36)37/h7-14,25-26,30,32H,3-6,15-22H2,1-2H3,(H,31,35)/t25-/m1/s1. The van der Waals surface area contributed by atoms with Gasteiger partial charge in [0.25, 0.3) is 0 Å². The number of carbonyl (C=O) groups is 1. The minimum absolute atomic E-state index is 0.104. The first-order valence-corrected chi connectivity index (χ1v) is 16.0. The summed E-state index contributed by atoms with van der Waals surface area (Å²) in [6.45, 7) is 7.72. The molecule has 10 heteroatoms. The summed E-state index contributed by atoms with van der Waals surface area (Å²) in [6.07, 6.45) is 7.39. The number of anilines is 1. The van der Waals surface area contributed by atoms with Gasteiger partial charge in [-0.05, 0) is 80.6 Å². The van der Waals surface area contributed by atoms with E-state index in [0.717, 1.165) is 89.8 Å². The van der Waals surface area contributed by atoms with Gasteiger partial charge in [0.2, 0.25) is 10.0 Å². The average Bonchev–Trinajstić information content (AvgIpc) is 2.92. The number of sulfonamides is 1. The summed E-state index contributed by atoms with van der Waals surface area (Å²) in [5, 5.41) is 6.67. The highest BCUT2D eigenvalue weighted by Gasteiger charge is 2.29. The van der Waals surface area contributed by atoms with Gasteiger partial charge < -0.3 is 20.3 Å². The first-order valence-electron chi connectivity index (χ1n) is 14.1. The number of likely N-dealkylation sites (tertiary alicyclic amines) is 1. The number of piperidine rings is 2. The third-order valence-corrected chi connectivity index (χ3v) is 7.97. The molecule has 0 saturated carbocycles. The normalized spacial score (nSPS) is 18.9. The predicted octanol–water partition coefficient (Wildman–Crippen LogP) is 4.38. The van der Waals surface area contributed by atoms with Crippen molar-refractivity contribution in [3.8, 4) is 11.5 Å². The van der Waals surface area contributed by atoms with E-state index in [0.29, 0.717) is 17.5 Å². The Kier molecular flexibility index (Phi) is 10.5. The second-order valence-electron chi connectivity index (χ2n) is 10.7. The maximum Gasteiger partial charge on any atom is 0.317 e. The molecule has 2 aliphatic heterocycles. The van der Waals surface area contributed by atoms with Crippen LogP contribution in [-0.2, 0) is 16.6 Å². The van der Waals surface area contributed by atoms with E-state index in [2.05, 4.69) is 44.2 Å². The van der Waals surface area contributed by atoms with E-state index < -0.39 is 10.0 Å². The number of benzene rings is 2. The molecule has 2 saturated heterocycles. The summed E-state index contributed by atoms with van der Waals surface area (Å²) in [7, 11) is -3.30. The first kappa shape index (κ1) is 29.2. The van der Waals surface area contributed by atoms with Crippen LogP contribution in [0.3, 0.4) is 0 Å². The summed E-state index contributed by atoms with van der Waals surface area (Å²) in [6, 6.07) is 15.5. The number of rotatable bonds is 11. The minimum Gasteiger partial charge on any atom is -0.457 e. The highest BCUT2D eigenvalue weighted by atomic mass is 32.2. The number of nitrogens with zero attached hydrogens (tertiary/aromatic N) is 2. The molecule has 9 nitrogen and oxygen atoms in total. The van der Waals surface area contributed by atoms with Crippen molar-refractivity contribution in [1.82, 2.24) is 20.4 Å².